The molecule has 0 radical (unpaired) electrons. The van der Waals surface area contributed by atoms with Gasteiger partial charge in [0.15, 0.2) is 0 Å². The fraction of sp³-hybridized carbons (Fsp3) is 0.333. The predicted molar refractivity (Wildman–Crippen MR) is 87.4 cm³/mol. The summed E-state index contributed by atoms with van der Waals surface area (Å²) in [6, 6.07) is 4.07. The molecule has 0 aliphatic heterocycles. The Hall–Kier alpha value is -2.68. The monoisotopic (exact) mass is 352 g/mol. The summed E-state index contributed by atoms with van der Waals surface area (Å²) in [6.45, 7) is 1.89. The van der Waals surface area contributed by atoms with E-state index >= 15 is 0 Å². The topological polar surface area (TPSA) is 101 Å². The molecule has 0 unspecified atom stereocenters. The molecule has 128 valence electrons. The number of benzene rings is 1. The molecule has 0 N–H and O–H groups in total. The number of aryl methyl sites for hydroxylation is 1. The SMILES string of the molecule is COc1ccc([N+](=O)[O-])cc1COC(=O)CCn1c(C)csc1=O. The Morgan fingerprint density at radius 1 is 1.42 bits per heavy atom. The zero-order chi connectivity index (χ0) is 17.7. The summed E-state index contributed by atoms with van der Waals surface area (Å²) in [6.07, 6.45) is 0.0364. The molecule has 0 bridgehead atoms. The third-order valence-electron chi connectivity index (χ3n) is 3.38. The summed E-state index contributed by atoms with van der Waals surface area (Å²) >= 11 is 1.08. The van der Waals surface area contributed by atoms with E-state index in [1.165, 1.54) is 29.9 Å². The van der Waals surface area contributed by atoms with Gasteiger partial charge in [-0.2, -0.15) is 0 Å². The van der Waals surface area contributed by atoms with Crippen LogP contribution in [-0.4, -0.2) is 22.6 Å². The van der Waals surface area contributed by atoms with E-state index in [9.17, 15) is 19.7 Å². The number of aromatic nitrogens is 1. The Morgan fingerprint density at radius 2 is 2.17 bits per heavy atom. The summed E-state index contributed by atoms with van der Waals surface area (Å²) in [5, 5.41) is 12.5. The first-order valence-electron chi connectivity index (χ1n) is 7.04. The number of carbonyl (C=O) groups is 1. The highest BCUT2D eigenvalue weighted by molar-refractivity contribution is 7.07. The predicted octanol–water partition coefficient (Wildman–Crippen LogP) is 2.27. The van der Waals surface area contributed by atoms with Crippen molar-refractivity contribution in [3.05, 3.63) is 54.6 Å². The van der Waals surface area contributed by atoms with Crippen molar-refractivity contribution < 1.29 is 19.2 Å². The highest BCUT2D eigenvalue weighted by atomic mass is 32.1. The number of ether oxygens (including phenoxy) is 2. The molecule has 1 aromatic heterocycles. The molecule has 2 aromatic rings. The molecule has 2 rings (SSSR count). The third kappa shape index (κ3) is 4.19. The smallest absolute Gasteiger partial charge is 0.307 e. The number of rotatable bonds is 7. The van der Waals surface area contributed by atoms with Gasteiger partial charge in [0, 0.05) is 35.3 Å². The van der Waals surface area contributed by atoms with E-state index in [1.807, 2.05) is 0 Å². The molecule has 0 fully saturated rings. The number of nitrogens with zero attached hydrogens (tertiary/aromatic N) is 2. The van der Waals surface area contributed by atoms with Crippen molar-refractivity contribution in [3.63, 3.8) is 0 Å². The lowest BCUT2D eigenvalue weighted by atomic mass is 10.2. The number of carbonyl (C=O) groups excluding carboxylic acids is 1. The van der Waals surface area contributed by atoms with E-state index in [4.69, 9.17) is 9.47 Å². The second-order valence-electron chi connectivity index (χ2n) is 4.96. The van der Waals surface area contributed by atoms with Gasteiger partial charge >= 0.3 is 10.8 Å². The molecular formula is C15H16N2O6S. The maximum atomic E-state index is 11.8. The van der Waals surface area contributed by atoms with E-state index in [-0.39, 0.29) is 30.1 Å². The van der Waals surface area contributed by atoms with Crippen molar-refractivity contribution in [1.29, 1.82) is 0 Å². The van der Waals surface area contributed by atoms with E-state index in [2.05, 4.69) is 0 Å². The van der Waals surface area contributed by atoms with Crippen molar-refractivity contribution in [2.75, 3.05) is 7.11 Å². The molecule has 8 nitrogen and oxygen atoms in total. The number of hydrogen-bond donors (Lipinski definition) is 0. The summed E-state index contributed by atoms with van der Waals surface area (Å²) < 4.78 is 11.7. The first-order chi connectivity index (χ1) is 11.4. The van der Waals surface area contributed by atoms with Gasteiger partial charge < -0.3 is 14.0 Å². The molecule has 0 aliphatic carbocycles. The largest absolute Gasteiger partial charge is 0.496 e. The maximum absolute atomic E-state index is 11.8. The molecule has 0 spiro atoms. The van der Waals surface area contributed by atoms with Crippen molar-refractivity contribution in [2.45, 2.75) is 26.5 Å². The van der Waals surface area contributed by atoms with Crippen LogP contribution in [0.25, 0.3) is 0 Å². The van der Waals surface area contributed by atoms with Gasteiger partial charge in [-0.25, -0.2) is 0 Å². The Bertz CT molecular complexity index is 811. The lowest BCUT2D eigenvalue weighted by molar-refractivity contribution is -0.385. The van der Waals surface area contributed by atoms with Crippen LogP contribution >= 0.6 is 11.3 Å². The van der Waals surface area contributed by atoms with Gasteiger partial charge in [-0.05, 0) is 13.0 Å². The average molecular weight is 352 g/mol. The Kier molecular flexibility index (Phi) is 5.69. The standard InChI is InChI=1S/C15H16N2O6S/c1-10-9-24-15(19)16(10)6-5-14(18)23-8-11-7-12(17(20)21)3-4-13(11)22-2/h3-4,7,9H,5-6,8H2,1-2H3. The minimum Gasteiger partial charge on any atom is -0.496 e. The molecule has 0 aliphatic rings. The fourth-order valence-electron chi connectivity index (χ4n) is 2.10. The van der Waals surface area contributed by atoms with Crippen LogP contribution in [0.5, 0.6) is 5.75 Å². The van der Waals surface area contributed by atoms with Crippen LogP contribution < -0.4 is 9.61 Å². The zero-order valence-corrected chi connectivity index (χ0v) is 14.0. The fourth-order valence-corrected chi connectivity index (χ4v) is 2.86. The Morgan fingerprint density at radius 3 is 2.75 bits per heavy atom. The molecule has 0 atom stereocenters. The maximum Gasteiger partial charge on any atom is 0.307 e. The second kappa shape index (κ2) is 7.73. The second-order valence-corrected chi connectivity index (χ2v) is 5.78. The number of methoxy groups -OCH3 is 1. The highest BCUT2D eigenvalue weighted by Gasteiger charge is 2.14. The van der Waals surface area contributed by atoms with Crippen molar-refractivity contribution in [2.24, 2.45) is 0 Å². The van der Waals surface area contributed by atoms with Gasteiger partial charge in [-0.3, -0.25) is 19.7 Å². The lowest BCUT2D eigenvalue weighted by Gasteiger charge is -2.09. The Labute approximate surface area is 141 Å². The minimum absolute atomic E-state index is 0.0364. The molecule has 24 heavy (non-hydrogen) atoms. The number of hydrogen-bond acceptors (Lipinski definition) is 7. The van der Waals surface area contributed by atoms with Crippen LogP contribution in [-0.2, 0) is 22.7 Å². The van der Waals surface area contributed by atoms with Crippen LogP contribution in [0, 0.1) is 17.0 Å². The van der Waals surface area contributed by atoms with Crippen molar-refractivity contribution in [1.82, 2.24) is 4.57 Å². The van der Waals surface area contributed by atoms with E-state index in [0.29, 0.717) is 11.3 Å². The summed E-state index contributed by atoms with van der Waals surface area (Å²) in [5.41, 5.74) is 1.09. The molecule has 0 amide bonds. The third-order valence-corrected chi connectivity index (χ3v) is 4.26. The first-order valence-corrected chi connectivity index (χ1v) is 7.92. The van der Waals surface area contributed by atoms with Gasteiger partial charge in [0.1, 0.15) is 12.4 Å². The van der Waals surface area contributed by atoms with Gasteiger partial charge in [0.05, 0.1) is 18.5 Å². The van der Waals surface area contributed by atoms with E-state index in [1.54, 1.807) is 12.3 Å². The highest BCUT2D eigenvalue weighted by Crippen LogP contribution is 2.24. The number of nitro groups is 1. The van der Waals surface area contributed by atoms with Crippen LogP contribution in [0.1, 0.15) is 17.7 Å². The number of non-ortho nitro benzene ring substituents is 1. The average Bonchev–Trinajstić information content (AvgIpc) is 2.88. The zero-order valence-electron chi connectivity index (χ0n) is 13.2. The molecule has 1 aromatic carbocycles. The summed E-state index contributed by atoms with van der Waals surface area (Å²) in [4.78, 5) is 33.6. The quantitative estimate of drug-likeness (QED) is 0.430. The first kappa shape index (κ1) is 17.7. The molecule has 1 heterocycles. The lowest BCUT2D eigenvalue weighted by Crippen LogP contribution is -2.18. The van der Waals surface area contributed by atoms with Crippen molar-refractivity contribution >= 4 is 23.0 Å². The molecular weight excluding hydrogens is 336 g/mol. The molecule has 0 saturated heterocycles. The molecule has 0 saturated carbocycles. The number of nitro benzene ring substituents is 1. The molecule has 9 heteroatoms. The Balaban J connectivity index is 1.97. The van der Waals surface area contributed by atoms with Gasteiger partial charge in [-0.1, -0.05) is 11.3 Å². The van der Waals surface area contributed by atoms with Gasteiger partial charge in [-0.15, -0.1) is 0 Å². The van der Waals surface area contributed by atoms with Crippen LogP contribution in [0.4, 0.5) is 5.69 Å². The van der Waals surface area contributed by atoms with Crippen molar-refractivity contribution in [3.8, 4) is 5.75 Å². The van der Waals surface area contributed by atoms with Gasteiger partial charge in [0.25, 0.3) is 5.69 Å². The van der Waals surface area contributed by atoms with Crippen LogP contribution in [0.15, 0.2) is 28.4 Å². The summed E-state index contributed by atoms with van der Waals surface area (Å²) in [7, 11) is 1.43. The minimum atomic E-state index is -0.531. The normalized spacial score (nSPS) is 10.4. The van der Waals surface area contributed by atoms with E-state index < -0.39 is 10.9 Å². The van der Waals surface area contributed by atoms with Gasteiger partial charge in [0.2, 0.25) is 0 Å². The van der Waals surface area contributed by atoms with E-state index in [0.717, 1.165) is 17.0 Å². The number of esters is 1. The number of thiazole rings is 1. The summed E-state index contributed by atoms with van der Waals surface area (Å²) in [5.74, 6) is -0.0978. The van der Waals surface area contributed by atoms with Crippen LogP contribution in [0.3, 0.4) is 0 Å². The van der Waals surface area contributed by atoms with Crippen LogP contribution in [0.2, 0.25) is 0 Å².